The van der Waals surface area contributed by atoms with Crippen LogP contribution in [0.3, 0.4) is 0 Å². The van der Waals surface area contributed by atoms with Crippen molar-refractivity contribution in [3.63, 3.8) is 0 Å². The minimum absolute atomic E-state index is 0.108. The lowest BCUT2D eigenvalue weighted by molar-refractivity contribution is -0.145. The normalized spacial score (nSPS) is 12.6. The lowest BCUT2D eigenvalue weighted by Gasteiger charge is -2.17. The van der Waals surface area contributed by atoms with Crippen molar-refractivity contribution in [2.75, 3.05) is 6.61 Å². The smallest absolute Gasteiger partial charge is 0.324 e. The van der Waals surface area contributed by atoms with Crippen LogP contribution >= 0.6 is 0 Å². The molecule has 0 bridgehead atoms. The molecule has 1 unspecified atom stereocenters. The number of H-pyrrole nitrogens is 2. The average molecular weight is 417 g/mol. The summed E-state index contributed by atoms with van der Waals surface area (Å²) < 4.78 is 33.1. The van der Waals surface area contributed by atoms with Gasteiger partial charge in [0, 0.05) is 0 Å². The minimum Gasteiger partial charge on any atom is -0.465 e. The van der Waals surface area contributed by atoms with E-state index in [1.807, 2.05) is 6.07 Å². The van der Waals surface area contributed by atoms with E-state index in [0.29, 0.717) is 0 Å². The summed E-state index contributed by atoms with van der Waals surface area (Å²) in [7, 11) is -4.12. The van der Waals surface area contributed by atoms with E-state index in [2.05, 4.69) is 14.7 Å². The molecule has 152 valence electrons. The van der Waals surface area contributed by atoms with E-state index in [-0.39, 0.29) is 29.0 Å². The molecule has 3 rings (SSSR count). The lowest BCUT2D eigenvalue weighted by atomic mass is 10.1. The molecule has 0 aliphatic heterocycles. The Hall–Kier alpha value is -3.24. The zero-order chi connectivity index (χ0) is 21.0. The second-order valence-corrected chi connectivity index (χ2v) is 7.95. The molecule has 1 atom stereocenters. The number of benzene rings is 2. The quantitative estimate of drug-likeness (QED) is 0.382. The zero-order valence-electron chi connectivity index (χ0n) is 15.5. The fourth-order valence-electron chi connectivity index (χ4n) is 2.78. The first-order valence-electron chi connectivity index (χ1n) is 8.79. The molecule has 0 spiro atoms. The molecule has 3 N–H and O–H groups in total. The summed E-state index contributed by atoms with van der Waals surface area (Å²) in [6.07, 6.45) is 0.108. The van der Waals surface area contributed by atoms with Crippen LogP contribution in [-0.2, 0) is 26.0 Å². The van der Waals surface area contributed by atoms with Crippen LogP contribution in [-0.4, -0.2) is 37.0 Å². The summed E-state index contributed by atoms with van der Waals surface area (Å²) in [5.41, 5.74) is -0.549. The van der Waals surface area contributed by atoms with Gasteiger partial charge in [-0.15, -0.1) is 0 Å². The number of nitrogens with one attached hydrogen (secondary N) is 3. The summed E-state index contributed by atoms with van der Waals surface area (Å²) in [4.78, 5) is 39.7. The van der Waals surface area contributed by atoms with Crippen LogP contribution in [0.1, 0.15) is 12.5 Å². The molecule has 0 saturated carbocycles. The van der Waals surface area contributed by atoms with Gasteiger partial charge in [-0.25, -0.2) is 8.42 Å². The molecule has 1 aromatic heterocycles. The number of carbonyl (C=O) groups is 1. The molecule has 29 heavy (non-hydrogen) atoms. The Kier molecular flexibility index (Phi) is 5.95. The predicted molar refractivity (Wildman–Crippen MR) is 106 cm³/mol. The third kappa shape index (κ3) is 4.79. The van der Waals surface area contributed by atoms with Gasteiger partial charge in [-0.2, -0.15) is 4.72 Å². The number of carbonyl (C=O) groups excluding carboxylic acids is 1. The summed E-state index contributed by atoms with van der Waals surface area (Å²) in [5, 5.41) is 0. The highest BCUT2D eigenvalue weighted by molar-refractivity contribution is 7.89. The molecule has 0 aliphatic carbocycles. The van der Waals surface area contributed by atoms with Crippen molar-refractivity contribution in [2.24, 2.45) is 0 Å². The number of fused-ring (bicyclic) bond motifs is 1. The number of sulfonamides is 1. The monoisotopic (exact) mass is 417 g/mol. The highest BCUT2D eigenvalue weighted by Gasteiger charge is 2.27. The summed E-state index contributed by atoms with van der Waals surface area (Å²) in [6.45, 7) is 1.74. The number of rotatable bonds is 7. The van der Waals surface area contributed by atoms with Gasteiger partial charge < -0.3 is 14.7 Å². The van der Waals surface area contributed by atoms with Gasteiger partial charge >= 0.3 is 17.1 Å². The third-order valence-corrected chi connectivity index (χ3v) is 5.62. The molecule has 3 aromatic rings. The molecule has 1 heterocycles. The molecule has 0 amide bonds. The van der Waals surface area contributed by atoms with Crippen LogP contribution in [0, 0.1) is 0 Å². The number of hydrogen-bond acceptors (Lipinski definition) is 6. The van der Waals surface area contributed by atoms with Gasteiger partial charge in [0.15, 0.2) is 0 Å². The molecule has 0 saturated heterocycles. The Balaban J connectivity index is 1.94. The lowest BCUT2D eigenvalue weighted by Crippen LogP contribution is -2.43. The number of aromatic nitrogens is 2. The van der Waals surface area contributed by atoms with E-state index >= 15 is 0 Å². The van der Waals surface area contributed by atoms with Crippen LogP contribution in [0.4, 0.5) is 0 Å². The first-order chi connectivity index (χ1) is 13.8. The van der Waals surface area contributed by atoms with Crippen molar-refractivity contribution in [3.05, 3.63) is 74.8 Å². The minimum atomic E-state index is -4.12. The van der Waals surface area contributed by atoms with Gasteiger partial charge in [0.05, 0.1) is 22.5 Å². The van der Waals surface area contributed by atoms with Crippen LogP contribution in [0.2, 0.25) is 0 Å². The van der Waals surface area contributed by atoms with E-state index in [1.54, 1.807) is 31.2 Å². The molecule has 10 heteroatoms. The second kappa shape index (κ2) is 8.41. The van der Waals surface area contributed by atoms with E-state index in [1.165, 1.54) is 18.2 Å². The molecule has 0 fully saturated rings. The maximum absolute atomic E-state index is 12.9. The second-order valence-electron chi connectivity index (χ2n) is 6.23. The first kappa shape index (κ1) is 20.5. The van der Waals surface area contributed by atoms with Gasteiger partial charge in [0.25, 0.3) is 0 Å². The Morgan fingerprint density at radius 1 is 1.03 bits per heavy atom. The van der Waals surface area contributed by atoms with E-state index < -0.39 is 33.2 Å². The van der Waals surface area contributed by atoms with Crippen molar-refractivity contribution >= 4 is 27.0 Å². The van der Waals surface area contributed by atoms with Crippen molar-refractivity contribution in [1.29, 1.82) is 0 Å². The maximum Gasteiger partial charge on any atom is 0.324 e. The van der Waals surface area contributed by atoms with Crippen LogP contribution in [0.25, 0.3) is 11.0 Å². The topological polar surface area (TPSA) is 138 Å². The highest BCUT2D eigenvalue weighted by atomic mass is 32.2. The number of aromatic amines is 2. The molecule has 2 aromatic carbocycles. The number of esters is 1. The third-order valence-electron chi connectivity index (χ3n) is 4.16. The molecule has 0 radical (unpaired) electrons. The molecule has 0 aliphatic rings. The van der Waals surface area contributed by atoms with Crippen LogP contribution in [0.15, 0.2) is 63.0 Å². The Bertz CT molecular complexity index is 1250. The molecule has 9 nitrogen and oxygen atoms in total. The highest BCUT2D eigenvalue weighted by Crippen LogP contribution is 2.16. The number of ether oxygens (including phenoxy) is 1. The van der Waals surface area contributed by atoms with Crippen molar-refractivity contribution in [1.82, 2.24) is 14.7 Å². The van der Waals surface area contributed by atoms with Crippen molar-refractivity contribution in [2.45, 2.75) is 24.3 Å². The zero-order valence-corrected chi connectivity index (χ0v) is 16.3. The standard InChI is InChI=1S/C19H19N3O6S/c1-2-28-19(25)16(10-12-6-4-3-5-7-12)22-29(26,27)13-8-9-14-15(11-13)21-18(24)17(23)20-14/h3-9,11,16,22H,2,10H2,1H3,(H,20,23)(H,21,24). The summed E-state index contributed by atoms with van der Waals surface area (Å²) >= 11 is 0. The Morgan fingerprint density at radius 3 is 2.34 bits per heavy atom. The predicted octanol–water partition coefficient (Wildman–Crippen LogP) is 0.669. The van der Waals surface area contributed by atoms with Gasteiger partial charge in [-0.05, 0) is 37.1 Å². The van der Waals surface area contributed by atoms with Crippen molar-refractivity contribution < 1.29 is 17.9 Å². The van der Waals surface area contributed by atoms with Crippen LogP contribution in [0.5, 0.6) is 0 Å². The van der Waals surface area contributed by atoms with E-state index in [0.717, 1.165) is 5.56 Å². The number of hydrogen-bond donors (Lipinski definition) is 3. The Labute approximate surface area is 165 Å². The van der Waals surface area contributed by atoms with E-state index in [9.17, 15) is 22.8 Å². The largest absolute Gasteiger partial charge is 0.465 e. The summed E-state index contributed by atoms with van der Waals surface area (Å²) in [5.74, 6) is -0.696. The average Bonchev–Trinajstić information content (AvgIpc) is 2.69. The SMILES string of the molecule is CCOC(=O)C(Cc1ccccc1)NS(=O)(=O)c1ccc2[nH]c(=O)c(=O)[nH]c2c1. The van der Waals surface area contributed by atoms with Gasteiger partial charge in [-0.3, -0.25) is 14.4 Å². The van der Waals surface area contributed by atoms with Crippen molar-refractivity contribution in [3.8, 4) is 0 Å². The van der Waals surface area contributed by atoms with Gasteiger partial charge in [0.2, 0.25) is 10.0 Å². The Morgan fingerprint density at radius 2 is 1.69 bits per heavy atom. The molecular weight excluding hydrogens is 398 g/mol. The fraction of sp³-hybridized carbons (Fsp3) is 0.211. The van der Waals surface area contributed by atoms with Gasteiger partial charge in [-0.1, -0.05) is 30.3 Å². The van der Waals surface area contributed by atoms with Gasteiger partial charge in [0.1, 0.15) is 6.04 Å². The maximum atomic E-state index is 12.9. The van der Waals surface area contributed by atoms with E-state index in [4.69, 9.17) is 4.74 Å². The fourth-order valence-corrected chi connectivity index (χ4v) is 3.99. The molecular formula is C19H19N3O6S. The summed E-state index contributed by atoms with van der Waals surface area (Å²) in [6, 6.07) is 11.6. The first-order valence-corrected chi connectivity index (χ1v) is 10.3. The van der Waals surface area contributed by atoms with Crippen LogP contribution < -0.4 is 15.8 Å².